The van der Waals surface area contributed by atoms with Crippen LogP contribution < -0.4 is 24.8 Å². The Labute approximate surface area is 216 Å². The Morgan fingerprint density at radius 1 is 0.912 bits per heavy atom. The fraction of sp³-hybridized carbons (Fsp3) is 0.462. The summed E-state index contributed by atoms with van der Waals surface area (Å²) in [4.78, 5) is 12.9. The van der Waals surface area contributed by atoms with Gasteiger partial charge in [0, 0.05) is 11.0 Å². The monoisotopic (exact) mass is 550 g/mol. The van der Waals surface area contributed by atoms with Crippen molar-refractivity contribution in [1.29, 1.82) is 0 Å². The summed E-state index contributed by atoms with van der Waals surface area (Å²) in [5.41, 5.74) is 1.39. The number of hydrogen-bond donors (Lipinski definition) is 2. The van der Waals surface area contributed by atoms with E-state index in [-0.39, 0.29) is 11.0 Å². The van der Waals surface area contributed by atoms with Crippen molar-refractivity contribution in [3.63, 3.8) is 0 Å². The van der Waals surface area contributed by atoms with E-state index in [1.54, 1.807) is 19.2 Å². The maximum absolute atomic E-state index is 12.9. The molecule has 0 fully saturated rings. The molecular formula is C26H35BrN2O4S. The fourth-order valence-corrected chi connectivity index (χ4v) is 3.71. The van der Waals surface area contributed by atoms with Crippen molar-refractivity contribution in [3.05, 3.63) is 52.0 Å². The van der Waals surface area contributed by atoms with Crippen LogP contribution in [0.15, 0.2) is 40.9 Å². The van der Waals surface area contributed by atoms with E-state index >= 15 is 0 Å². The van der Waals surface area contributed by atoms with Gasteiger partial charge in [-0.25, -0.2) is 0 Å². The minimum atomic E-state index is -0.320. The van der Waals surface area contributed by atoms with Crippen LogP contribution in [-0.4, -0.2) is 31.3 Å². The molecule has 0 saturated carbocycles. The molecule has 0 heterocycles. The molecule has 0 aromatic heterocycles. The molecule has 0 bridgehead atoms. The van der Waals surface area contributed by atoms with Gasteiger partial charge in [0.25, 0.3) is 5.91 Å². The van der Waals surface area contributed by atoms with Gasteiger partial charge in [0.05, 0.1) is 25.9 Å². The number of carbonyl (C=O) groups excluding carboxylic acids is 1. The maximum atomic E-state index is 12.9. The second-order valence-corrected chi connectivity index (χ2v) is 9.20. The zero-order chi connectivity index (χ0) is 24.8. The Bertz CT molecular complexity index is 939. The Morgan fingerprint density at radius 2 is 1.62 bits per heavy atom. The van der Waals surface area contributed by atoms with E-state index in [0.29, 0.717) is 42.6 Å². The number of unbranched alkanes of at least 4 members (excludes halogenated alkanes) is 4. The van der Waals surface area contributed by atoms with Crippen molar-refractivity contribution in [2.75, 3.05) is 20.3 Å². The minimum Gasteiger partial charge on any atom is -0.493 e. The van der Waals surface area contributed by atoms with Crippen molar-refractivity contribution in [1.82, 2.24) is 10.6 Å². The lowest BCUT2D eigenvalue weighted by molar-refractivity contribution is 0.0972. The molecule has 0 saturated heterocycles. The van der Waals surface area contributed by atoms with Gasteiger partial charge in [0.1, 0.15) is 5.75 Å². The summed E-state index contributed by atoms with van der Waals surface area (Å²) < 4.78 is 17.9. The molecule has 2 aromatic carbocycles. The topological polar surface area (TPSA) is 68.8 Å². The summed E-state index contributed by atoms with van der Waals surface area (Å²) in [5, 5.41) is 6.05. The first kappa shape index (κ1) is 27.9. The van der Waals surface area contributed by atoms with Gasteiger partial charge >= 0.3 is 0 Å². The van der Waals surface area contributed by atoms with Gasteiger partial charge in [-0.2, -0.15) is 0 Å². The summed E-state index contributed by atoms with van der Waals surface area (Å²) in [7, 11) is 1.62. The average Bonchev–Trinajstić information content (AvgIpc) is 2.84. The normalized spacial score (nSPS) is 10.5. The highest BCUT2D eigenvalue weighted by Crippen LogP contribution is 2.28. The second-order valence-electron chi connectivity index (χ2n) is 7.87. The third-order valence-electron chi connectivity index (χ3n) is 5.11. The fourth-order valence-electron chi connectivity index (χ4n) is 3.18. The van der Waals surface area contributed by atoms with Crippen LogP contribution in [0.4, 0.5) is 0 Å². The molecule has 0 spiro atoms. The first-order valence-electron chi connectivity index (χ1n) is 11.8. The molecule has 0 atom stereocenters. The molecule has 6 nitrogen and oxygen atoms in total. The van der Waals surface area contributed by atoms with Crippen molar-refractivity contribution in [2.45, 2.75) is 58.9 Å². The van der Waals surface area contributed by atoms with Crippen LogP contribution in [0.25, 0.3) is 0 Å². The predicted molar refractivity (Wildman–Crippen MR) is 144 cm³/mol. The van der Waals surface area contributed by atoms with Gasteiger partial charge in [-0.05, 0) is 61.0 Å². The third kappa shape index (κ3) is 9.50. The summed E-state index contributed by atoms with van der Waals surface area (Å²) >= 11 is 8.77. The molecule has 2 rings (SSSR count). The number of halogens is 1. The van der Waals surface area contributed by atoms with Crippen LogP contribution >= 0.6 is 28.1 Å². The molecule has 0 aliphatic rings. The van der Waals surface area contributed by atoms with Crippen molar-refractivity contribution < 1.29 is 19.0 Å². The first-order valence-corrected chi connectivity index (χ1v) is 13.0. The van der Waals surface area contributed by atoms with Gasteiger partial charge in [-0.3, -0.25) is 10.1 Å². The number of benzene rings is 2. The van der Waals surface area contributed by atoms with Crippen LogP contribution in [0.1, 0.15) is 68.3 Å². The number of hydrogen-bond acceptors (Lipinski definition) is 5. The van der Waals surface area contributed by atoms with Crippen molar-refractivity contribution >= 4 is 39.2 Å². The van der Waals surface area contributed by atoms with Gasteiger partial charge < -0.3 is 19.5 Å². The van der Waals surface area contributed by atoms with E-state index in [2.05, 4.69) is 40.4 Å². The average molecular weight is 552 g/mol. The molecule has 34 heavy (non-hydrogen) atoms. The highest BCUT2D eigenvalue weighted by Gasteiger charge is 2.15. The van der Waals surface area contributed by atoms with E-state index in [9.17, 15) is 4.79 Å². The molecule has 2 N–H and O–H groups in total. The second kappa shape index (κ2) is 15.6. The predicted octanol–water partition coefficient (Wildman–Crippen LogP) is 6.40. The summed E-state index contributed by atoms with van der Waals surface area (Å²) in [6, 6.07) is 11.1. The van der Waals surface area contributed by atoms with Crippen LogP contribution in [0.3, 0.4) is 0 Å². The Hall–Kier alpha value is -2.32. The number of methoxy groups -OCH3 is 1. The molecular weight excluding hydrogens is 516 g/mol. The minimum absolute atomic E-state index is 0.237. The van der Waals surface area contributed by atoms with Crippen LogP contribution in [-0.2, 0) is 6.54 Å². The van der Waals surface area contributed by atoms with Crippen LogP contribution in [0.2, 0.25) is 0 Å². The Balaban J connectivity index is 1.92. The largest absolute Gasteiger partial charge is 0.493 e. The van der Waals surface area contributed by atoms with E-state index in [4.69, 9.17) is 26.4 Å². The molecule has 0 aliphatic carbocycles. The quantitative estimate of drug-likeness (QED) is 0.209. The third-order valence-corrected chi connectivity index (χ3v) is 5.84. The van der Waals surface area contributed by atoms with E-state index in [1.165, 1.54) is 12.8 Å². The summed E-state index contributed by atoms with van der Waals surface area (Å²) in [5.74, 6) is 1.61. The number of rotatable bonds is 14. The highest BCUT2D eigenvalue weighted by molar-refractivity contribution is 9.10. The first-order chi connectivity index (χ1) is 16.5. The molecule has 1 amide bonds. The van der Waals surface area contributed by atoms with E-state index in [0.717, 1.165) is 35.7 Å². The molecule has 0 aliphatic heterocycles. The van der Waals surface area contributed by atoms with Crippen molar-refractivity contribution in [3.8, 4) is 17.2 Å². The number of nitrogens with one attached hydrogen (secondary N) is 2. The summed E-state index contributed by atoms with van der Waals surface area (Å²) in [6.07, 6.45) is 6.47. The van der Waals surface area contributed by atoms with Gasteiger partial charge in [-0.15, -0.1) is 0 Å². The van der Waals surface area contributed by atoms with Gasteiger partial charge in [0.15, 0.2) is 16.6 Å². The SMILES string of the molecule is CCCCCCOc1ccc(Br)cc1C(=O)NC(=S)NCc1ccc(OCCCC)c(OC)c1. The maximum Gasteiger partial charge on any atom is 0.261 e. The molecule has 0 radical (unpaired) electrons. The van der Waals surface area contributed by atoms with Gasteiger partial charge in [-0.1, -0.05) is 61.5 Å². The number of ether oxygens (including phenoxy) is 3. The lowest BCUT2D eigenvalue weighted by Crippen LogP contribution is -2.39. The summed E-state index contributed by atoms with van der Waals surface area (Å²) in [6.45, 7) is 5.95. The van der Waals surface area contributed by atoms with Gasteiger partial charge in [0.2, 0.25) is 0 Å². The number of thiocarbonyl (C=S) groups is 1. The molecule has 2 aromatic rings. The zero-order valence-corrected chi connectivity index (χ0v) is 22.6. The standard InChI is InChI=1S/C26H35BrN2O4S/c1-4-6-8-9-15-32-22-13-11-20(27)17-21(22)25(30)29-26(34)28-18-19-10-12-23(24(16-19)31-3)33-14-7-5-2/h10-13,16-17H,4-9,14-15,18H2,1-3H3,(H2,28,29,30,34). The number of amides is 1. The number of carbonyl (C=O) groups is 1. The lowest BCUT2D eigenvalue weighted by Gasteiger charge is -2.15. The lowest BCUT2D eigenvalue weighted by atomic mass is 10.2. The van der Waals surface area contributed by atoms with Crippen molar-refractivity contribution in [2.24, 2.45) is 0 Å². The zero-order valence-electron chi connectivity index (χ0n) is 20.2. The van der Waals surface area contributed by atoms with E-state index in [1.807, 2.05) is 24.3 Å². The Morgan fingerprint density at radius 3 is 2.35 bits per heavy atom. The Kier molecular flexibility index (Phi) is 12.8. The smallest absolute Gasteiger partial charge is 0.261 e. The molecule has 0 unspecified atom stereocenters. The highest BCUT2D eigenvalue weighted by atomic mass is 79.9. The van der Waals surface area contributed by atoms with Crippen LogP contribution in [0, 0.1) is 0 Å². The molecule has 8 heteroatoms. The van der Waals surface area contributed by atoms with E-state index < -0.39 is 0 Å². The molecule has 186 valence electrons. The van der Waals surface area contributed by atoms with Crippen LogP contribution in [0.5, 0.6) is 17.2 Å².